The number of amides is 3. The third-order valence-corrected chi connectivity index (χ3v) is 6.76. The molecule has 0 spiro atoms. The number of carbonyl (C=O) groups excluding carboxylic acids is 2. The van der Waals surface area contributed by atoms with Crippen LogP contribution in [0.3, 0.4) is 0 Å². The Bertz CT molecular complexity index is 839. The van der Waals surface area contributed by atoms with Crippen LogP contribution in [0.2, 0.25) is 0 Å². The largest absolute Gasteiger partial charge is 0.335 e. The minimum Gasteiger partial charge on any atom is -0.335 e. The molecule has 0 atom stereocenters. The number of urea groups is 1. The van der Waals surface area contributed by atoms with E-state index in [1.807, 2.05) is 0 Å². The molecule has 1 aliphatic heterocycles. The third-order valence-electron chi connectivity index (χ3n) is 5.65. The van der Waals surface area contributed by atoms with Gasteiger partial charge in [-0.1, -0.05) is 25.3 Å². The van der Waals surface area contributed by atoms with E-state index in [4.69, 9.17) is 0 Å². The normalized spacial score (nSPS) is 18.8. The molecule has 1 saturated carbocycles. The highest BCUT2D eigenvalue weighted by molar-refractivity contribution is 7.90. The van der Waals surface area contributed by atoms with Crippen LogP contribution in [-0.4, -0.2) is 68.6 Å². The fourth-order valence-electron chi connectivity index (χ4n) is 3.86. The van der Waals surface area contributed by atoms with Crippen LogP contribution in [0.25, 0.3) is 0 Å². The van der Waals surface area contributed by atoms with Crippen LogP contribution in [0.5, 0.6) is 0 Å². The molecule has 1 saturated heterocycles. The number of carbonyl (C=O) groups is 2. The lowest BCUT2D eigenvalue weighted by molar-refractivity contribution is 0.0661. The van der Waals surface area contributed by atoms with Gasteiger partial charge in [-0.05, 0) is 37.5 Å². The van der Waals surface area contributed by atoms with E-state index in [0.717, 1.165) is 24.7 Å². The molecule has 1 aromatic rings. The summed E-state index contributed by atoms with van der Waals surface area (Å²) in [5.41, 5.74) is 1.15. The molecule has 0 bridgehead atoms. The molecule has 2 fully saturated rings. The fourth-order valence-corrected chi connectivity index (χ4v) is 4.51. The van der Waals surface area contributed by atoms with E-state index in [0.29, 0.717) is 31.7 Å². The minimum atomic E-state index is -3.37. The van der Waals surface area contributed by atoms with Crippen molar-refractivity contribution in [3.8, 4) is 0 Å². The van der Waals surface area contributed by atoms with Crippen molar-refractivity contribution in [2.24, 2.45) is 0 Å². The molecule has 1 heterocycles. The van der Waals surface area contributed by atoms with Crippen molar-refractivity contribution in [2.45, 2.75) is 50.0 Å². The van der Waals surface area contributed by atoms with E-state index in [9.17, 15) is 18.0 Å². The summed E-state index contributed by atoms with van der Waals surface area (Å²) in [6.07, 6.45) is 6.79. The van der Waals surface area contributed by atoms with Gasteiger partial charge < -0.3 is 15.1 Å². The lowest BCUT2D eigenvalue weighted by Crippen LogP contribution is -2.54. The van der Waals surface area contributed by atoms with Gasteiger partial charge in [0, 0.05) is 44.0 Å². The summed E-state index contributed by atoms with van der Waals surface area (Å²) in [7, 11) is -3.37. The molecular formula is C20H29N3O4S. The first-order valence-corrected chi connectivity index (χ1v) is 11.8. The smallest absolute Gasteiger partial charge is 0.317 e. The number of sulfone groups is 1. The Morgan fingerprint density at radius 3 is 2.21 bits per heavy atom. The quantitative estimate of drug-likeness (QED) is 0.832. The molecule has 3 amide bonds. The second-order valence-electron chi connectivity index (χ2n) is 7.81. The average Bonchev–Trinajstić information content (AvgIpc) is 2.68. The number of hydrogen-bond acceptors (Lipinski definition) is 4. The Morgan fingerprint density at radius 2 is 1.61 bits per heavy atom. The topological polar surface area (TPSA) is 86.8 Å². The standard InChI is InChI=1S/C20H29N3O4S/c1-15-8-9-17(28(2,26)27)14-18(15)19(24)22-10-12-23(13-11-22)20(25)21-16-6-4-3-5-7-16/h8-9,14,16H,3-7,10-13H2,1-2H3,(H,21,25). The van der Waals surface area contributed by atoms with Gasteiger partial charge in [-0.2, -0.15) is 0 Å². The number of nitrogens with zero attached hydrogens (tertiary/aromatic N) is 2. The number of aryl methyl sites for hydroxylation is 1. The van der Waals surface area contributed by atoms with E-state index < -0.39 is 9.84 Å². The van der Waals surface area contributed by atoms with Crippen molar-refractivity contribution < 1.29 is 18.0 Å². The van der Waals surface area contributed by atoms with Gasteiger partial charge in [0.05, 0.1) is 4.90 Å². The number of hydrogen-bond donors (Lipinski definition) is 1. The van der Waals surface area contributed by atoms with E-state index >= 15 is 0 Å². The Hall–Kier alpha value is -2.09. The highest BCUT2D eigenvalue weighted by atomic mass is 32.2. The lowest BCUT2D eigenvalue weighted by atomic mass is 9.96. The second-order valence-corrected chi connectivity index (χ2v) is 9.83. The first-order valence-electron chi connectivity index (χ1n) is 9.91. The lowest BCUT2D eigenvalue weighted by Gasteiger charge is -2.36. The summed E-state index contributed by atoms with van der Waals surface area (Å²) < 4.78 is 23.6. The highest BCUT2D eigenvalue weighted by Gasteiger charge is 2.27. The number of nitrogens with one attached hydrogen (secondary N) is 1. The van der Waals surface area contributed by atoms with Gasteiger partial charge in [0.2, 0.25) is 0 Å². The molecular weight excluding hydrogens is 378 g/mol. The summed E-state index contributed by atoms with van der Waals surface area (Å²) >= 11 is 0. The van der Waals surface area contributed by atoms with Crippen LogP contribution in [0, 0.1) is 6.92 Å². The maximum absolute atomic E-state index is 12.9. The first-order chi connectivity index (χ1) is 13.3. The monoisotopic (exact) mass is 407 g/mol. The molecule has 3 rings (SSSR count). The van der Waals surface area contributed by atoms with Crippen molar-refractivity contribution in [1.82, 2.24) is 15.1 Å². The summed E-state index contributed by atoms with van der Waals surface area (Å²) in [5, 5.41) is 3.11. The molecule has 8 heteroatoms. The minimum absolute atomic E-state index is 0.0470. The van der Waals surface area contributed by atoms with E-state index in [1.54, 1.807) is 22.8 Å². The van der Waals surface area contributed by atoms with Gasteiger partial charge in [0.25, 0.3) is 5.91 Å². The summed E-state index contributed by atoms with van der Waals surface area (Å²) in [4.78, 5) is 29.0. The van der Waals surface area contributed by atoms with Crippen LogP contribution in [0.1, 0.15) is 48.0 Å². The van der Waals surface area contributed by atoms with Crippen molar-refractivity contribution >= 4 is 21.8 Å². The van der Waals surface area contributed by atoms with E-state index in [-0.39, 0.29) is 22.9 Å². The highest BCUT2D eigenvalue weighted by Crippen LogP contribution is 2.20. The van der Waals surface area contributed by atoms with Gasteiger partial charge in [-0.15, -0.1) is 0 Å². The maximum Gasteiger partial charge on any atom is 0.317 e. The number of piperazine rings is 1. The first kappa shape index (κ1) is 20.6. The molecule has 7 nitrogen and oxygen atoms in total. The predicted octanol–water partition coefficient (Wildman–Crippen LogP) is 2.20. The Morgan fingerprint density at radius 1 is 1.00 bits per heavy atom. The van der Waals surface area contributed by atoms with Crippen molar-refractivity contribution in [3.05, 3.63) is 29.3 Å². The Balaban J connectivity index is 1.60. The Kier molecular flexibility index (Phi) is 6.27. The molecule has 0 aromatic heterocycles. The van der Waals surface area contributed by atoms with Crippen molar-refractivity contribution in [2.75, 3.05) is 32.4 Å². The zero-order chi connectivity index (χ0) is 20.3. The van der Waals surface area contributed by atoms with Crippen LogP contribution in [0.4, 0.5) is 4.79 Å². The SMILES string of the molecule is Cc1ccc(S(C)(=O)=O)cc1C(=O)N1CCN(C(=O)NC2CCCCC2)CC1. The predicted molar refractivity (Wildman–Crippen MR) is 107 cm³/mol. The summed E-state index contributed by atoms with van der Waals surface area (Å²) in [6.45, 7) is 3.65. The molecule has 28 heavy (non-hydrogen) atoms. The fraction of sp³-hybridized carbons (Fsp3) is 0.600. The Labute approximate surface area is 167 Å². The molecule has 154 valence electrons. The molecule has 0 unspecified atom stereocenters. The molecule has 1 aromatic carbocycles. The van der Waals surface area contributed by atoms with Gasteiger partial charge >= 0.3 is 6.03 Å². The number of benzene rings is 1. The maximum atomic E-state index is 12.9. The average molecular weight is 408 g/mol. The van der Waals surface area contributed by atoms with Gasteiger partial charge in [-0.25, -0.2) is 13.2 Å². The van der Waals surface area contributed by atoms with Crippen LogP contribution < -0.4 is 5.32 Å². The van der Waals surface area contributed by atoms with Crippen LogP contribution in [0.15, 0.2) is 23.1 Å². The molecule has 1 aliphatic carbocycles. The second kappa shape index (κ2) is 8.51. The molecule has 1 N–H and O–H groups in total. The summed E-state index contributed by atoms with van der Waals surface area (Å²) in [5.74, 6) is -0.185. The zero-order valence-corrected chi connectivity index (χ0v) is 17.4. The third kappa shape index (κ3) is 4.84. The van der Waals surface area contributed by atoms with Crippen molar-refractivity contribution in [1.29, 1.82) is 0 Å². The van der Waals surface area contributed by atoms with Crippen molar-refractivity contribution in [3.63, 3.8) is 0 Å². The molecule has 2 aliphatic rings. The van der Waals surface area contributed by atoms with Crippen LogP contribution in [-0.2, 0) is 9.84 Å². The molecule has 0 radical (unpaired) electrons. The van der Waals surface area contributed by atoms with Crippen LogP contribution >= 0.6 is 0 Å². The van der Waals surface area contributed by atoms with Gasteiger partial charge in [-0.3, -0.25) is 4.79 Å². The van der Waals surface area contributed by atoms with E-state index in [2.05, 4.69) is 5.32 Å². The van der Waals surface area contributed by atoms with Gasteiger partial charge in [0.1, 0.15) is 0 Å². The summed E-state index contributed by atoms with van der Waals surface area (Å²) in [6, 6.07) is 4.86. The van der Waals surface area contributed by atoms with E-state index in [1.165, 1.54) is 31.4 Å². The zero-order valence-electron chi connectivity index (χ0n) is 16.6. The number of rotatable bonds is 3. The van der Waals surface area contributed by atoms with Gasteiger partial charge in [0.15, 0.2) is 9.84 Å².